The SMILES string of the molecule is C[C@@H](CO)C(=O)N1CCC(c2[nH]nc(-c3ccc(Cl)cc3)c2-c2ccncn2)CC1. The van der Waals surface area contributed by atoms with Gasteiger partial charge in [-0.15, -0.1) is 0 Å². The Hall–Kier alpha value is -2.77. The highest BCUT2D eigenvalue weighted by molar-refractivity contribution is 6.30. The van der Waals surface area contributed by atoms with E-state index in [1.807, 2.05) is 35.2 Å². The van der Waals surface area contributed by atoms with E-state index in [2.05, 4.69) is 20.2 Å². The molecule has 1 saturated heterocycles. The summed E-state index contributed by atoms with van der Waals surface area (Å²) < 4.78 is 0. The van der Waals surface area contributed by atoms with E-state index in [0.717, 1.165) is 41.1 Å². The number of aliphatic hydroxyl groups is 1. The van der Waals surface area contributed by atoms with Crippen molar-refractivity contribution in [3.63, 3.8) is 0 Å². The summed E-state index contributed by atoms with van der Waals surface area (Å²) in [5.74, 6) is -0.114. The largest absolute Gasteiger partial charge is 0.396 e. The molecule has 3 aromatic rings. The molecule has 1 aliphatic rings. The number of aromatic nitrogens is 4. The van der Waals surface area contributed by atoms with E-state index in [1.165, 1.54) is 6.33 Å². The van der Waals surface area contributed by atoms with Crippen LogP contribution >= 0.6 is 11.6 Å². The normalized spacial score (nSPS) is 15.9. The fourth-order valence-corrected chi connectivity index (χ4v) is 4.07. The van der Waals surface area contributed by atoms with Crippen molar-refractivity contribution in [2.24, 2.45) is 5.92 Å². The molecule has 0 unspecified atom stereocenters. The number of benzene rings is 1. The molecule has 1 aliphatic heterocycles. The Morgan fingerprint density at radius 1 is 1.27 bits per heavy atom. The molecule has 156 valence electrons. The summed E-state index contributed by atoms with van der Waals surface area (Å²) in [6.45, 7) is 2.95. The first-order valence-corrected chi connectivity index (χ1v) is 10.5. The number of piperidine rings is 1. The first-order valence-electron chi connectivity index (χ1n) is 10.1. The lowest BCUT2D eigenvalue weighted by Gasteiger charge is -2.33. The second kappa shape index (κ2) is 8.93. The number of nitrogens with zero attached hydrogens (tertiary/aromatic N) is 4. The van der Waals surface area contributed by atoms with Crippen LogP contribution in [0.2, 0.25) is 5.02 Å². The number of carbonyl (C=O) groups is 1. The van der Waals surface area contributed by atoms with Crippen molar-refractivity contribution in [1.29, 1.82) is 0 Å². The van der Waals surface area contributed by atoms with Gasteiger partial charge in [0.15, 0.2) is 0 Å². The van der Waals surface area contributed by atoms with Crippen LogP contribution < -0.4 is 0 Å². The number of hydrogen-bond acceptors (Lipinski definition) is 5. The topological polar surface area (TPSA) is 95.0 Å². The van der Waals surface area contributed by atoms with Gasteiger partial charge < -0.3 is 10.0 Å². The molecule has 4 rings (SSSR count). The number of nitrogens with one attached hydrogen (secondary N) is 1. The quantitative estimate of drug-likeness (QED) is 0.652. The third-order valence-corrected chi connectivity index (χ3v) is 5.91. The minimum Gasteiger partial charge on any atom is -0.396 e. The summed E-state index contributed by atoms with van der Waals surface area (Å²) >= 11 is 6.06. The minimum atomic E-state index is -0.359. The second-order valence-corrected chi connectivity index (χ2v) is 8.08. The lowest BCUT2D eigenvalue weighted by Crippen LogP contribution is -2.41. The molecule has 0 radical (unpaired) electrons. The van der Waals surface area contributed by atoms with Crippen molar-refractivity contribution in [3.05, 3.63) is 53.6 Å². The maximum absolute atomic E-state index is 12.4. The smallest absolute Gasteiger partial charge is 0.227 e. The van der Waals surface area contributed by atoms with Gasteiger partial charge in [-0.25, -0.2) is 9.97 Å². The number of hydrogen-bond donors (Lipinski definition) is 2. The Balaban J connectivity index is 1.65. The fraction of sp³-hybridized carbons (Fsp3) is 0.364. The zero-order chi connectivity index (χ0) is 21.1. The van der Waals surface area contributed by atoms with Gasteiger partial charge in [0.05, 0.1) is 18.2 Å². The van der Waals surface area contributed by atoms with Crippen molar-refractivity contribution in [1.82, 2.24) is 25.1 Å². The molecule has 0 aliphatic carbocycles. The third kappa shape index (κ3) is 4.08. The molecule has 3 heterocycles. The summed E-state index contributed by atoms with van der Waals surface area (Å²) in [7, 11) is 0. The zero-order valence-electron chi connectivity index (χ0n) is 16.8. The van der Waals surface area contributed by atoms with Crippen LogP contribution in [-0.4, -0.2) is 55.8 Å². The van der Waals surface area contributed by atoms with Crippen molar-refractivity contribution in [2.75, 3.05) is 19.7 Å². The van der Waals surface area contributed by atoms with Crippen molar-refractivity contribution >= 4 is 17.5 Å². The molecular weight excluding hydrogens is 402 g/mol. The van der Waals surface area contributed by atoms with Gasteiger partial charge in [0.1, 0.15) is 12.0 Å². The Labute approximate surface area is 180 Å². The van der Waals surface area contributed by atoms with E-state index in [0.29, 0.717) is 18.1 Å². The maximum Gasteiger partial charge on any atom is 0.227 e. The molecule has 0 spiro atoms. The number of aromatic amines is 1. The van der Waals surface area contributed by atoms with Gasteiger partial charge in [-0.3, -0.25) is 9.89 Å². The Morgan fingerprint density at radius 3 is 2.63 bits per heavy atom. The van der Waals surface area contributed by atoms with Gasteiger partial charge >= 0.3 is 0 Å². The number of likely N-dealkylation sites (tertiary alicyclic amines) is 1. The Bertz CT molecular complexity index is 998. The van der Waals surface area contributed by atoms with Crippen LogP contribution in [0.1, 0.15) is 31.4 Å². The molecule has 0 bridgehead atoms. The summed E-state index contributed by atoms with van der Waals surface area (Å²) in [4.78, 5) is 22.8. The van der Waals surface area contributed by atoms with Gasteiger partial charge in [0.2, 0.25) is 5.91 Å². The molecule has 30 heavy (non-hydrogen) atoms. The Kier molecular flexibility index (Phi) is 6.11. The van der Waals surface area contributed by atoms with E-state index in [-0.39, 0.29) is 24.3 Å². The molecule has 1 atom stereocenters. The lowest BCUT2D eigenvalue weighted by molar-refractivity contribution is -0.137. The van der Waals surface area contributed by atoms with Crippen LogP contribution in [0.15, 0.2) is 42.9 Å². The van der Waals surface area contributed by atoms with E-state index in [4.69, 9.17) is 11.6 Å². The summed E-state index contributed by atoms with van der Waals surface area (Å²) in [6, 6.07) is 9.48. The highest BCUT2D eigenvalue weighted by Gasteiger charge is 2.30. The average molecular weight is 426 g/mol. The van der Waals surface area contributed by atoms with Crippen LogP contribution in [0.25, 0.3) is 22.5 Å². The van der Waals surface area contributed by atoms with Gasteiger partial charge in [0, 0.05) is 47.0 Å². The number of H-pyrrole nitrogens is 1. The lowest BCUT2D eigenvalue weighted by atomic mass is 9.88. The predicted molar refractivity (Wildman–Crippen MR) is 115 cm³/mol. The fourth-order valence-electron chi connectivity index (χ4n) is 3.94. The number of carbonyl (C=O) groups excluding carboxylic acids is 1. The monoisotopic (exact) mass is 425 g/mol. The number of aliphatic hydroxyl groups excluding tert-OH is 1. The number of halogens is 1. The Morgan fingerprint density at radius 2 is 2.00 bits per heavy atom. The number of amides is 1. The number of rotatable bonds is 5. The van der Waals surface area contributed by atoms with E-state index < -0.39 is 0 Å². The van der Waals surface area contributed by atoms with Crippen molar-refractivity contribution in [2.45, 2.75) is 25.7 Å². The van der Waals surface area contributed by atoms with Gasteiger partial charge in [-0.2, -0.15) is 5.10 Å². The zero-order valence-corrected chi connectivity index (χ0v) is 17.5. The summed E-state index contributed by atoms with van der Waals surface area (Å²) in [5, 5.41) is 17.8. The second-order valence-electron chi connectivity index (χ2n) is 7.65. The molecule has 1 aromatic carbocycles. The molecule has 1 amide bonds. The van der Waals surface area contributed by atoms with E-state index in [1.54, 1.807) is 13.1 Å². The van der Waals surface area contributed by atoms with Crippen LogP contribution in [0.3, 0.4) is 0 Å². The van der Waals surface area contributed by atoms with E-state index >= 15 is 0 Å². The van der Waals surface area contributed by atoms with E-state index in [9.17, 15) is 9.90 Å². The first kappa shape index (κ1) is 20.5. The van der Waals surface area contributed by atoms with Crippen LogP contribution in [-0.2, 0) is 4.79 Å². The summed E-state index contributed by atoms with van der Waals surface area (Å²) in [6.07, 6.45) is 4.91. The van der Waals surface area contributed by atoms with Crippen LogP contribution in [0.4, 0.5) is 0 Å². The molecule has 8 heteroatoms. The standard InChI is InChI=1S/C22H24ClN5O2/c1-14(12-29)22(30)28-10-7-16(8-11-28)21-19(18-6-9-24-13-25-18)20(26-27-21)15-2-4-17(23)5-3-15/h2-6,9,13-14,16,29H,7-8,10-12H2,1H3,(H,26,27)/t14-/m0/s1. The maximum atomic E-state index is 12.4. The highest BCUT2D eigenvalue weighted by Crippen LogP contribution is 2.39. The molecule has 0 saturated carbocycles. The average Bonchev–Trinajstić information content (AvgIpc) is 3.24. The molecule has 2 N–H and O–H groups in total. The van der Waals surface area contributed by atoms with Crippen LogP contribution in [0, 0.1) is 5.92 Å². The van der Waals surface area contributed by atoms with Crippen LogP contribution in [0.5, 0.6) is 0 Å². The van der Waals surface area contributed by atoms with Gasteiger partial charge in [-0.1, -0.05) is 30.7 Å². The van der Waals surface area contributed by atoms with Gasteiger partial charge in [0.25, 0.3) is 0 Å². The third-order valence-electron chi connectivity index (χ3n) is 5.66. The van der Waals surface area contributed by atoms with Gasteiger partial charge in [-0.05, 0) is 31.0 Å². The van der Waals surface area contributed by atoms with Crippen molar-refractivity contribution < 1.29 is 9.90 Å². The molecule has 7 nitrogen and oxygen atoms in total. The minimum absolute atomic E-state index is 0.0124. The molecule has 2 aromatic heterocycles. The first-order chi connectivity index (χ1) is 14.6. The highest BCUT2D eigenvalue weighted by atomic mass is 35.5. The predicted octanol–water partition coefficient (Wildman–Crippen LogP) is 3.52. The van der Waals surface area contributed by atoms with Crippen molar-refractivity contribution in [3.8, 4) is 22.5 Å². The summed E-state index contributed by atoms with van der Waals surface area (Å²) in [5.41, 5.74) is 4.59. The molecular formula is C22H24ClN5O2. The molecule has 1 fully saturated rings.